The topological polar surface area (TPSA) is 107 Å². The van der Waals surface area contributed by atoms with Crippen molar-refractivity contribution in [1.29, 1.82) is 0 Å². The molecule has 0 bridgehead atoms. The maximum Gasteiger partial charge on any atom is 0.319 e. The van der Waals surface area contributed by atoms with Gasteiger partial charge in [0.1, 0.15) is 18.7 Å². The number of hydrogen-bond donors (Lipinski definition) is 2. The fraction of sp³-hybridized carbons (Fsp3) is 0.400. The Kier molecular flexibility index (Phi) is 7.55. The second kappa shape index (κ2) is 11.2. The third-order valence-corrected chi connectivity index (χ3v) is 6.28. The molecule has 2 aliphatic rings. The van der Waals surface area contributed by atoms with Crippen molar-refractivity contribution in [1.82, 2.24) is 20.2 Å². The zero-order valence-corrected chi connectivity index (χ0v) is 20.7. The molecule has 5 rings (SSSR count). The molecule has 0 atom stereocenters. The number of amides is 2. The molecule has 0 unspecified atom stereocenters. The summed E-state index contributed by atoms with van der Waals surface area (Å²) in [5.74, 6) is 1.98. The number of methoxy groups -OCH3 is 1. The number of hydrogen-bond acceptors (Lipinski definition) is 8. The SMILES string of the molecule is COc1cc2c(Oc3ccc(NC(=O)NC4CC4)c(Cl)c3)ncnc2cc1OCCN1CCOCC1. The molecule has 0 radical (unpaired) electrons. The van der Waals surface area contributed by atoms with Crippen LogP contribution in [0.15, 0.2) is 36.7 Å². The van der Waals surface area contributed by atoms with Crippen molar-refractivity contribution in [3.05, 3.63) is 41.7 Å². The molecule has 1 saturated carbocycles. The van der Waals surface area contributed by atoms with Gasteiger partial charge in [-0.15, -0.1) is 0 Å². The minimum Gasteiger partial charge on any atom is -0.493 e. The average Bonchev–Trinajstić information content (AvgIpc) is 3.70. The van der Waals surface area contributed by atoms with Crippen LogP contribution in [0, 0.1) is 0 Å². The van der Waals surface area contributed by atoms with Crippen LogP contribution in [-0.2, 0) is 4.74 Å². The maximum atomic E-state index is 12.0. The predicted octanol–water partition coefficient (Wildman–Crippen LogP) is 4.08. The molecule has 1 aliphatic carbocycles. The summed E-state index contributed by atoms with van der Waals surface area (Å²) in [5.41, 5.74) is 1.15. The normalized spacial score (nSPS) is 15.9. The molecule has 11 heteroatoms. The lowest BCUT2D eigenvalue weighted by Gasteiger charge is -2.26. The van der Waals surface area contributed by atoms with Crippen molar-refractivity contribution < 1.29 is 23.7 Å². The number of carbonyl (C=O) groups excluding carboxylic acids is 1. The molecule has 2 heterocycles. The maximum absolute atomic E-state index is 12.0. The molecular weight excluding hydrogens is 486 g/mol. The van der Waals surface area contributed by atoms with Crippen LogP contribution in [0.1, 0.15) is 12.8 Å². The smallest absolute Gasteiger partial charge is 0.319 e. The number of anilines is 1. The van der Waals surface area contributed by atoms with Crippen LogP contribution in [0.5, 0.6) is 23.1 Å². The van der Waals surface area contributed by atoms with E-state index in [-0.39, 0.29) is 12.1 Å². The summed E-state index contributed by atoms with van der Waals surface area (Å²) >= 11 is 6.38. The molecule has 190 valence electrons. The number of carbonyl (C=O) groups is 1. The molecule has 0 spiro atoms. The Morgan fingerprint density at radius 2 is 2.00 bits per heavy atom. The van der Waals surface area contributed by atoms with Crippen molar-refractivity contribution in [3.8, 4) is 23.1 Å². The highest BCUT2D eigenvalue weighted by Gasteiger charge is 2.23. The van der Waals surface area contributed by atoms with Gasteiger partial charge in [0.05, 0.1) is 41.9 Å². The highest BCUT2D eigenvalue weighted by atomic mass is 35.5. The molecule has 36 heavy (non-hydrogen) atoms. The number of aromatic nitrogens is 2. The van der Waals surface area contributed by atoms with Crippen molar-refractivity contribution in [2.75, 3.05) is 51.9 Å². The fourth-order valence-corrected chi connectivity index (χ4v) is 4.07. The van der Waals surface area contributed by atoms with E-state index in [0.717, 1.165) is 45.7 Å². The number of rotatable bonds is 9. The third-order valence-electron chi connectivity index (χ3n) is 5.97. The first kappa shape index (κ1) is 24.4. The number of ether oxygens (including phenoxy) is 4. The van der Waals surface area contributed by atoms with Crippen LogP contribution in [-0.4, -0.2) is 73.5 Å². The van der Waals surface area contributed by atoms with Gasteiger partial charge in [-0.05, 0) is 31.0 Å². The molecule has 2 N–H and O–H groups in total. The Morgan fingerprint density at radius 1 is 1.17 bits per heavy atom. The fourth-order valence-electron chi connectivity index (χ4n) is 3.85. The predicted molar refractivity (Wildman–Crippen MR) is 136 cm³/mol. The van der Waals surface area contributed by atoms with E-state index in [4.69, 9.17) is 30.5 Å². The van der Waals surface area contributed by atoms with E-state index in [1.54, 1.807) is 31.4 Å². The summed E-state index contributed by atoms with van der Waals surface area (Å²) in [6.07, 6.45) is 3.45. The lowest BCUT2D eigenvalue weighted by molar-refractivity contribution is 0.0321. The van der Waals surface area contributed by atoms with Crippen LogP contribution in [0.2, 0.25) is 5.02 Å². The standard InChI is InChI=1S/C25H28ClN5O5/c1-33-22-13-18-21(14-23(22)35-11-8-31-6-9-34-10-7-31)27-15-28-24(18)36-17-4-5-20(19(26)12-17)30-25(32)29-16-2-3-16/h4-5,12-16H,2-3,6-11H2,1H3,(H2,29,30,32). The van der Waals surface area contributed by atoms with Crippen LogP contribution in [0.4, 0.5) is 10.5 Å². The van der Waals surface area contributed by atoms with Gasteiger partial charge in [0.25, 0.3) is 0 Å². The second-order valence-electron chi connectivity index (χ2n) is 8.62. The van der Waals surface area contributed by atoms with E-state index in [1.165, 1.54) is 6.33 Å². The Balaban J connectivity index is 1.29. The highest BCUT2D eigenvalue weighted by Crippen LogP contribution is 2.37. The van der Waals surface area contributed by atoms with Crippen molar-refractivity contribution >= 4 is 34.2 Å². The van der Waals surface area contributed by atoms with Gasteiger partial charge in [-0.25, -0.2) is 14.8 Å². The number of halogens is 1. The third kappa shape index (κ3) is 6.07. The molecule has 2 amide bonds. The minimum atomic E-state index is -0.273. The van der Waals surface area contributed by atoms with Gasteiger partial charge in [0, 0.05) is 37.8 Å². The number of nitrogens with one attached hydrogen (secondary N) is 2. The summed E-state index contributed by atoms with van der Waals surface area (Å²) in [7, 11) is 1.59. The van der Waals surface area contributed by atoms with E-state index in [0.29, 0.717) is 51.3 Å². The quantitative estimate of drug-likeness (QED) is 0.441. The first-order chi connectivity index (χ1) is 17.6. The van der Waals surface area contributed by atoms with E-state index in [2.05, 4.69) is 25.5 Å². The molecule has 2 fully saturated rings. The summed E-state index contributed by atoms with van der Waals surface area (Å²) in [6, 6.07) is 8.63. The lowest BCUT2D eigenvalue weighted by Crippen LogP contribution is -2.38. The van der Waals surface area contributed by atoms with Gasteiger partial charge in [-0.2, -0.15) is 0 Å². The van der Waals surface area contributed by atoms with E-state index in [1.807, 2.05) is 6.07 Å². The van der Waals surface area contributed by atoms with Gasteiger partial charge in [-0.1, -0.05) is 11.6 Å². The Bertz CT molecular complexity index is 1230. The molecular formula is C25H28ClN5O5. The van der Waals surface area contributed by atoms with E-state index < -0.39 is 0 Å². The van der Waals surface area contributed by atoms with Crippen LogP contribution >= 0.6 is 11.6 Å². The number of nitrogens with zero attached hydrogens (tertiary/aromatic N) is 3. The van der Waals surface area contributed by atoms with Gasteiger partial charge >= 0.3 is 6.03 Å². The average molecular weight is 514 g/mol. The molecule has 1 aliphatic heterocycles. The largest absolute Gasteiger partial charge is 0.493 e. The Morgan fingerprint density at radius 3 is 2.75 bits per heavy atom. The number of benzene rings is 2. The van der Waals surface area contributed by atoms with Crippen molar-refractivity contribution in [2.45, 2.75) is 18.9 Å². The van der Waals surface area contributed by atoms with Gasteiger partial charge in [0.15, 0.2) is 11.5 Å². The number of urea groups is 1. The number of morpholine rings is 1. The van der Waals surface area contributed by atoms with Crippen LogP contribution < -0.4 is 24.8 Å². The molecule has 1 aromatic heterocycles. The Labute approximate surface area is 213 Å². The van der Waals surface area contributed by atoms with Crippen LogP contribution in [0.25, 0.3) is 10.9 Å². The summed E-state index contributed by atoms with van der Waals surface area (Å²) in [4.78, 5) is 23.0. The lowest BCUT2D eigenvalue weighted by atomic mass is 10.2. The highest BCUT2D eigenvalue weighted by molar-refractivity contribution is 6.33. The zero-order valence-electron chi connectivity index (χ0n) is 20.0. The molecule has 1 saturated heterocycles. The molecule has 2 aromatic carbocycles. The summed E-state index contributed by atoms with van der Waals surface area (Å²) < 4.78 is 23.0. The summed E-state index contributed by atoms with van der Waals surface area (Å²) in [5, 5.41) is 6.64. The monoisotopic (exact) mass is 513 g/mol. The summed E-state index contributed by atoms with van der Waals surface area (Å²) in [6.45, 7) is 4.63. The van der Waals surface area contributed by atoms with Gasteiger partial charge in [0.2, 0.25) is 5.88 Å². The minimum absolute atomic E-state index is 0.255. The number of fused-ring (bicyclic) bond motifs is 1. The van der Waals surface area contributed by atoms with Crippen molar-refractivity contribution in [2.24, 2.45) is 0 Å². The Hall–Kier alpha value is -3.34. The van der Waals surface area contributed by atoms with E-state index >= 15 is 0 Å². The molecule has 10 nitrogen and oxygen atoms in total. The van der Waals surface area contributed by atoms with Crippen LogP contribution in [0.3, 0.4) is 0 Å². The second-order valence-corrected chi connectivity index (χ2v) is 9.03. The first-order valence-corrected chi connectivity index (χ1v) is 12.3. The molecule has 3 aromatic rings. The van der Waals surface area contributed by atoms with E-state index in [9.17, 15) is 4.79 Å². The zero-order chi connectivity index (χ0) is 24.9. The van der Waals surface area contributed by atoms with Gasteiger partial charge < -0.3 is 29.6 Å². The van der Waals surface area contributed by atoms with Gasteiger partial charge in [-0.3, -0.25) is 4.90 Å². The first-order valence-electron chi connectivity index (χ1n) is 11.9. The van der Waals surface area contributed by atoms with Crippen molar-refractivity contribution in [3.63, 3.8) is 0 Å².